The molecule has 2 N–H and O–H groups in total. The van der Waals surface area contributed by atoms with E-state index in [1.807, 2.05) is 12.1 Å². The van der Waals surface area contributed by atoms with Crippen molar-refractivity contribution >= 4 is 0 Å². The first-order chi connectivity index (χ1) is 9.06. The average molecular weight is 267 g/mol. The molecule has 4 heteroatoms. The summed E-state index contributed by atoms with van der Waals surface area (Å²) in [6.45, 7) is 6.41. The van der Waals surface area contributed by atoms with Crippen molar-refractivity contribution in [2.75, 3.05) is 33.7 Å². The predicted molar refractivity (Wildman–Crippen MR) is 78.4 cm³/mol. The molecule has 1 aromatic carbocycles. The van der Waals surface area contributed by atoms with Gasteiger partial charge in [0.2, 0.25) is 0 Å². The topological polar surface area (TPSA) is 32.5 Å². The van der Waals surface area contributed by atoms with Gasteiger partial charge in [0.05, 0.1) is 0 Å². The molecular formula is C15H26FN3. The highest BCUT2D eigenvalue weighted by atomic mass is 19.1. The number of halogens is 1. The minimum absolute atomic E-state index is 0.207. The van der Waals surface area contributed by atoms with Crippen molar-refractivity contribution in [2.24, 2.45) is 5.73 Å². The molecule has 0 saturated heterocycles. The third kappa shape index (κ3) is 5.68. The Morgan fingerprint density at radius 2 is 1.89 bits per heavy atom. The molecule has 0 aliphatic heterocycles. The van der Waals surface area contributed by atoms with Crippen LogP contribution in [0.3, 0.4) is 0 Å². The summed E-state index contributed by atoms with van der Waals surface area (Å²) in [5, 5.41) is 0. The van der Waals surface area contributed by atoms with E-state index in [2.05, 4.69) is 30.8 Å². The van der Waals surface area contributed by atoms with Gasteiger partial charge in [-0.25, -0.2) is 4.39 Å². The van der Waals surface area contributed by atoms with E-state index in [-0.39, 0.29) is 12.4 Å². The number of benzene rings is 1. The molecule has 0 unspecified atom stereocenters. The summed E-state index contributed by atoms with van der Waals surface area (Å²) >= 11 is 0. The van der Waals surface area contributed by atoms with E-state index < -0.39 is 0 Å². The van der Waals surface area contributed by atoms with Gasteiger partial charge in [-0.3, -0.25) is 4.90 Å². The Morgan fingerprint density at radius 3 is 2.47 bits per heavy atom. The van der Waals surface area contributed by atoms with E-state index in [1.165, 1.54) is 6.07 Å². The Morgan fingerprint density at radius 1 is 1.16 bits per heavy atom. The van der Waals surface area contributed by atoms with E-state index in [0.717, 1.165) is 38.2 Å². The van der Waals surface area contributed by atoms with Crippen LogP contribution in [0.25, 0.3) is 0 Å². The van der Waals surface area contributed by atoms with Gasteiger partial charge < -0.3 is 10.6 Å². The summed E-state index contributed by atoms with van der Waals surface area (Å²) in [6, 6.07) is 5.26. The van der Waals surface area contributed by atoms with Gasteiger partial charge in [0.1, 0.15) is 5.82 Å². The van der Waals surface area contributed by atoms with Crippen molar-refractivity contribution < 1.29 is 4.39 Å². The van der Waals surface area contributed by atoms with Gasteiger partial charge in [0, 0.05) is 31.7 Å². The maximum Gasteiger partial charge on any atom is 0.127 e. The molecular weight excluding hydrogens is 241 g/mol. The highest BCUT2D eigenvalue weighted by Crippen LogP contribution is 2.12. The fraction of sp³-hybridized carbons (Fsp3) is 0.600. The van der Waals surface area contributed by atoms with Gasteiger partial charge >= 0.3 is 0 Å². The lowest BCUT2D eigenvalue weighted by Crippen LogP contribution is -2.32. The molecule has 0 aliphatic rings. The molecule has 0 bridgehead atoms. The second kappa shape index (κ2) is 8.25. The molecule has 0 atom stereocenters. The Hall–Kier alpha value is -0.970. The zero-order valence-corrected chi connectivity index (χ0v) is 12.3. The summed E-state index contributed by atoms with van der Waals surface area (Å²) in [7, 11) is 4.16. The molecule has 19 heavy (non-hydrogen) atoms. The van der Waals surface area contributed by atoms with Gasteiger partial charge in [0.25, 0.3) is 0 Å². The highest BCUT2D eigenvalue weighted by Gasteiger charge is 2.08. The number of rotatable bonds is 8. The molecule has 0 amide bonds. The average Bonchev–Trinajstić information content (AvgIpc) is 2.38. The maximum absolute atomic E-state index is 13.4. The minimum Gasteiger partial charge on any atom is -0.326 e. The first-order valence-corrected chi connectivity index (χ1v) is 6.91. The maximum atomic E-state index is 13.4. The van der Waals surface area contributed by atoms with Crippen LogP contribution in [0.4, 0.5) is 4.39 Å². The van der Waals surface area contributed by atoms with Crippen molar-refractivity contribution in [3.05, 3.63) is 35.1 Å². The van der Waals surface area contributed by atoms with Gasteiger partial charge in [-0.05, 0) is 38.7 Å². The lowest BCUT2D eigenvalue weighted by Gasteiger charge is -2.24. The van der Waals surface area contributed by atoms with E-state index in [1.54, 1.807) is 0 Å². The molecule has 0 saturated carbocycles. The van der Waals surface area contributed by atoms with E-state index in [0.29, 0.717) is 5.56 Å². The lowest BCUT2D eigenvalue weighted by molar-refractivity contribution is 0.234. The molecule has 0 radical (unpaired) electrons. The standard InChI is InChI=1S/C15H26FN3/c1-4-7-19(9-8-18(2)3)12-13-5-6-15(16)14(10-13)11-17/h5-6,10H,4,7-9,11-12,17H2,1-3H3. The van der Waals surface area contributed by atoms with Gasteiger partial charge in [-0.15, -0.1) is 0 Å². The molecule has 1 aromatic rings. The highest BCUT2D eigenvalue weighted by molar-refractivity contribution is 5.25. The summed E-state index contributed by atoms with van der Waals surface area (Å²) < 4.78 is 13.4. The van der Waals surface area contributed by atoms with Gasteiger partial charge in [-0.2, -0.15) is 0 Å². The largest absolute Gasteiger partial charge is 0.326 e. The second-order valence-electron chi connectivity index (χ2n) is 5.21. The minimum atomic E-state index is -0.207. The third-order valence-electron chi connectivity index (χ3n) is 3.14. The molecule has 0 aliphatic carbocycles. The molecule has 0 aromatic heterocycles. The quantitative estimate of drug-likeness (QED) is 0.782. The lowest BCUT2D eigenvalue weighted by atomic mass is 10.1. The van der Waals surface area contributed by atoms with Crippen LogP contribution in [0.15, 0.2) is 18.2 Å². The van der Waals surface area contributed by atoms with Crippen LogP contribution in [-0.4, -0.2) is 43.5 Å². The van der Waals surface area contributed by atoms with Gasteiger partial charge in [0.15, 0.2) is 0 Å². The normalized spacial score (nSPS) is 11.5. The second-order valence-corrected chi connectivity index (χ2v) is 5.21. The molecule has 0 spiro atoms. The summed E-state index contributed by atoms with van der Waals surface area (Å²) in [6.07, 6.45) is 1.12. The molecule has 1 rings (SSSR count). The molecule has 3 nitrogen and oxygen atoms in total. The Balaban J connectivity index is 2.67. The van der Waals surface area contributed by atoms with Crippen molar-refractivity contribution in [2.45, 2.75) is 26.4 Å². The van der Waals surface area contributed by atoms with Crippen molar-refractivity contribution in [3.63, 3.8) is 0 Å². The SMILES string of the molecule is CCCN(CCN(C)C)Cc1ccc(F)c(CN)c1. The molecule has 108 valence electrons. The monoisotopic (exact) mass is 267 g/mol. The summed E-state index contributed by atoms with van der Waals surface area (Å²) in [5.41, 5.74) is 7.28. The number of likely N-dealkylation sites (N-methyl/N-ethyl adjacent to an activating group) is 1. The van der Waals surface area contributed by atoms with Crippen LogP contribution in [0.5, 0.6) is 0 Å². The van der Waals surface area contributed by atoms with Crippen LogP contribution >= 0.6 is 0 Å². The fourth-order valence-corrected chi connectivity index (χ4v) is 2.07. The van der Waals surface area contributed by atoms with Crippen LogP contribution < -0.4 is 5.73 Å². The first-order valence-electron chi connectivity index (χ1n) is 6.91. The van der Waals surface area contributed by atoms with Crippen molar-refractivity contribution in [1.29, 1.82) is 0 Å². The van der Waals surface area contributed by atoms with E-state index in [9.17, 15) is 4.39 Å². The van der Waals surface area contributed by atoms with Crippen molar-refractivity contribution in [3.8, 4) is 0 Å². The molecule has 0 fully saturated rings. The van der Waals surface area contributed by atoms with E-state index >= 15 is 0 Å². The predicted octanol–water partition coefficient (Wildman–Crippen LogP) is 2.06. The van der Waals surface area contributed by atoms with Gasteiger partial charge in [-0.1, -0.05) is 19.1 Å². The number of hydrogen-bond donors (Lipinski definition) is 1. The zero-order valence-electron chi connectivity index (χ0n) is 12.3. The van der Waals surface area contributed by atoms with Crippen LogP contribution in [0.1, 0.15) is 24.5 Å². The molecule has 0 heterocycles. The Labute approximate surface area is 116 Å². The summed E-state index contributed by atoms with van der Waals surface area (Å²) in [5.74, 6) is -0.207. The fourth-order valence-electron chi connectivity index (χ4n) is 2.07. The zero-order chi connectivity index (χ0) is 14.3. The first kappa shape index (κ1) is 16.1. The van der Waals surface area contributed by atoms with Crippen LogP contribution in [-0.2, 0) is 13.1 Å². The smallest absolute Gasteiger partial charge is 0.127 e. The number of nitrogens with zero attached hydrogens (tertiary/aromatic N) is 2. The summed E-state index contributed by atoms with van der Waals surface area (Å²) in [4.78, 5) is 4.58. The Bertz CT molecular complexity index is 380. The van der Waals surface area contributed by atoms with Crippen LogP contribution in [0, 0.1) is 5.82 Å². The number of nitrogens with two attached hydrogens (primary N) is 1. The number of hydrogen-bond acceptors (Lipinski definition) is 3. The van der Waals surface area contributed by atoms with Crippen LogP contribution in [0.2, 0.25) is 0 Å². The third-order valence-corrected chi connectivity index (χ3v) is 3.14. The Kier molecular flexibility index (Phi) is 6.99. The van der Waals surface area contributed by atoms with E-state index in [4.69, 9.17) is 5.73 Å². The van der Waals surface area contributed by atoms with Crippen molar-refractivity contribution in [1.82, 2.24) is 9.80 Å².